The lowest BCUT2D eigenvalue weighted by molar-refractivity contribution is 0.111. The molecule has 0 atom stereocenters. The number of rotatable bonds is 7. The molecule has 4 heterocycles. The minimum atomic E-state index is 0.641. The Kier molecular flexibility index (Phi) is 6.84. The number of anilines is 1. The Bertz CT molecular complexity index is 1340. The van der Waals surface area contributed by atoms with Gasteiger partial charge in [0.25, 0.3) is 0 Å². The zero-order valence-corrected chi connectivity index (χ0v) is 21.3. The quantitative estimate of drug-likeness (QED) is 0.393. The smallest absolute Gasteiger partial charge is 0.137 e. The molecule has 4 aromatic rings. The summed E-state index contributed by atoms with van der Waals surface area (Å²) in [6.07, 6.45) is 6.16. The first kappa shape index (κ1) is 23.5. The lowest BCUT2D eigenvalue weighted by Gasteiger charge is -2.36. The van der Waals surface area contributed by atoms with E-state index in [0.717, 1.165) is 78.5 Å². The van der Waals surface area contributed by atoms with Crippen molar-refractivity contribution in [3.63, 3.8) is 0 Å². The van der Waals surface area contributed by atoms with Gasteiger partial charge in [-0.3, -0.25) is 19.2 Å². The molecule has 1 aliphatic heterocycles. The van der Waals surface area contributed by atoms with Crippen molar-refractivity contribution in [1.82, 2.24) is 24.2 Å². The molecule has 1 N–H and O–H groups in total. The summed E-state index contributed by atoms with van der Waals surface area (Å²) in [6, 6.07) is 15.5. The molecule has 0 aliphatic carbocycles. The number of imidazole rings is 1. The lowest BCUT2D eigenvalue weighted by atomic mass is 10.0. The van der Waals surface area contributed by atoms with Gasteiger partial charge in [-0.1, -0.05) is 18.2 Å². The van der Waals surface area contributed by atoms with Crippen LogP contribution in [-0.2, 0) is 0 Å². The Balaban J connectivity index is 1.35. The molecule has 0 amide bonds. The Morgan fingerprint density at radius 2 is 1.91 bits per heavy atom. The summed E-state index contributed by atoms with van der Waals surface area (Å²) in [5.74, 6) is 0. The van der Waals surface area contributed by atoms with E-state index in [1.54, 1.807) is 0 Å². The summed E-state index contributed by atoms with van der Waals surface area (Å²) in [5, 5.41) is 4.73. The van der Waals surface area contributed by atoms with Crippen molar-refractivity contribution in [2.75, 3.05) is 44.6 Å². The molecule has 182 valence electrons. The van der Waals surface area contributed by atoms with Crippen LogP contribution in [0.4, 0.5) is 5.69 Å². The van der Waals surface area contributed by atoms with Crippen LogP contribution in [0.3, 0.4) is 0 Å². The first-order valence-electron chi connectivity index (χ1n) is 12.7. The monoisotopic (exact) mass is 468 g/mol. The summed E-state index contributed by atoms with van der Waals surface area (Å²) >= 11 is 0. The van der Waals surface area contributed by atoms with Crippen LogP contribution in [0.1, 0.15) is 33.4 Å². The molecule has 6 nitrogen and oxygen atoms in total. The maximum absolute atomic E-state index is 4.92. The Morgan fingerprint density at radius 3 is 2.69 bits per heavy atom. The van der Waals surface area contributed by atoms with Gasteiger partial charge in [0.1, 0.15) is 5.65 Å². The van der Waals surface area contributed by atoms with Crippen molar-refractivity contribution in [1.29, 1.82) is 0 Å². The second-order valence-corrected chi connectivity index (χ2v) is 9.74. The number of hydrogen-bond donors (Lipinski definition) is 1. The van der Waals surface area contributed by atoms with Crippen molar-refractivity contribution in [2.24, 2.45) is 0 Å². The second-order valence-electron chi connectivity index (χ2n) is 9.74. The van der Waals surface area contributed by atoms with E-state index < -0.39 is 0 Å². The third kappa shape index (κ3) is 4.95. The molecule has 0 radical (unpaired) electrons. The maximum Gasteiger partial charge on any atom is 0.137 e. The third-order valence-corrected chi connectivity index (χ3v) is 7.19. The molecule has 0 unspecified atom stereocenters. The van der Waals surface area contributed by atoms with Crippen LogP contribution in [0.5, 0.6) is 0 Å². The van der Waals surface area contributed by atoms with Gasteiger partial charge >= 0.3 is 0 Å². The minimum Gasteiger partial charge on any atom is -0.382 e. The second kappa shape index (κ2) is 10.2. The Hall–Kier alpha value is -3.22. The topological polar surface area (TPSA) is 48.7 Å². The Labute approximate surface area is 208 Å². The Morgan fingerprint density at radius 1 is 1.09 bits per heavy atom. The summed E-state index contributed by atoms with van der Waals surface area (Å²) in [7, 11) is 0. The molecule has 1 aliphatic rings. The van der Waals surface area contributed by atoms with Crippen molar-refractivity contribution < 1.29 is 0 Å². The summed E-state index contributed by atoms with van der Waals surface area (Å²) < 4.78 is 2.18. The lowest BCUT2D eigenvalue weighted by Crippen LogP contribution is -2.49. The van der Waals surface area contributed by atoms with E-state index in [4.69, 9.17) is 9.97 Å². The van der Waals surface area contributed by atoms with E-state index in [-0.39, 0.29) is 0 Å². The highest BCUT2D eigenvalue weighted by atomic mass is 15.3. The number of allylic oxidation sites excluding steroid dienone is 2. The normalized spacial score (nSPS) is 16.0. The van der Waals surface area contributed by atoms with Crippen molar-refractivity contribution >= 4 is 27.8 Å². The van der Waals surface area contributed by atoms with E-state index in [1.807, 2.05) is 12.3 Å². The fourth-order valence-electron chi connectivity index (χ4n) is 4.92. The SMILES string of the molecule is C/C=C(\C)c1nc2ccccn2c1-c1ccc2ncc(NCCN3CCN(C(C)C)CC3)cc2c1. The molecular formula is C29H36N6. The number of piperazine rings is 1. The summed E-state index contributed by atoms with van der Waals surface area (Å²) in [5.41, 5.74) is 7.50. The van der Waals surface area contributed by atoms with Crippen LogP contribution >= 0.6 is 0 Å². The van der Waals surface area contributed by atoms with Crippen LogP contribution < -0.4 is 5.32 Å². The number of pyridine rings is 2. The minimum absolute atomic E-state index is 0.641. The van der Waals surface area contributed by atoms with Gasteiger partial charge in [0.15, 0.2) is 0 Å². The molecule has 5 rings (SSSR count). The van der Waals surface area contributed by atoms with E-state index in [9.17, 15) is 0 Å². The van der Waals surface area contributed by atoms with Crippen LogP contribution in [-0.4, -0.2) is 69.5 Å². The molecule has 6 heteroatoms. The molecule has 1 saturated heterocycles. The van der Waals surface area contributed by atoms with Crippen LogP contribution in [0, 0.1) is 0 Å². The average molecular weight is 469 g/mol. The van der Waals surface area contributed by atoms with Gasteiger partial charge in [-0.15, -0.1) is 0 Å². The van der Waals surface area contributed by atoms with E-state index in [0.29, 0.717) is 6.04 Å². The first-order chi connectivity index (χ1) is 17.0. The molecule has 0 bridgehead atoms. The fourth-order valence-corrected chi connectivity index (χ4v) is 4.92. The van der Waals surface area contributed by atoms with Gasteiger partial charge in [0.05, 0.1) is 28.8 Å². The molecule has 0 spiro atoms. The number of hydrogen-bond acceptors (Lipinski definition) is 5. The number of nitrogens with zero attached hydrogens (tertiary/aromatic N) is 5. The molecule has 35 heavy (non-hydrogen) atoms. The van der Waals surface area contributed by atoms with Crippen molar-refractivity contribution in [2.45, 2.75) is 33.7 Å². The van der Waals surface area contributed by atoms with E-state index in [1.165, 1.54) is 5.57 Å². The summed E-state index contributed by atoms with van der Waals surface area (Å²) in [4.78, 5) is 14.7. The number of aromatic nitrogens is 3. The van der Waals surface area contributed by atoms with Gasteiger partial charge in [0.2, 0.25) is 0 Å². The number of benzene rings is 1. The van der Waals surface area contributed by atoms with Crippen LogP contribution in [0.2, 0.25) is 0 Å². The molecule has 0 saturated carbocycles. The van der Waals surface area contributed by atoms with E-state index in [2.05, 4.69) is 95.9 Å². The first-order valence-corrected chi connectivity index (χ1v) is 12.7. The highest BCUT2D eigenvalue weighted by molar-refractivity contribution is 5.89. The van der Waals surface area contributed by atoms with Gasteiger partial charge in [-0.05, 0) is 63.6 Å². The van der Waals surface area contributed by atoms with Crippen LogP contribution in [0.25, 0.3) is 33.4 Å². The van der Waals surface area contributed by atoms with Crippen molar-refractivity contribution in [3.8, 4) is 11.3 Å². The molecule has 1 aromatic carbocycles. The predicted molar refractivity (Wildman–Crippen MR) is 147 cm³/mol. The molecular weight excluding hydrogens is 432 g/mol. The van der Waals surface area contributed by atoms with Gasteiger partial charge < -0.3 is 5.32 Å². The standard InChI is InChI=1S/C29H36N6/c1-5-22(4)28-29(35-12-7-6-8-27(35)32-28)23-9-10-26-24(18-23)19-25(20-31-26)30-11-13-33-14-16-34(17-15-33)21(2)3/h5-10,12,18-21,30H,11,13-17H2,1-4H3/b22-5+. The number of nitrogens with one attached hydrogen (secondary N) is 1. The highest BCUT2D eigenvalue weighted by Gasteiger charge is 2.18. The fraction of sp³-hybridized carbons (Fsp3) is 0.379. The highest BCUT2D eigenvalue weighted by Crippen LogP contribution is 2.32. The maximum atomic E-state index is 4.92. The predicted octanol–water partition coefficient (Wildman–Crippen LogP) is 5.41. The van der Waals surface area contributed by atoms with E-state index >= 15 is 0 Å². The average Bonchev–Trinajstić information content (AvgIpc) is 3.28. The molecule has 3 aromatic heterocycles. The number of fused-ring (bicyclic) bond motifs is 2. The van der Waals surface area contributed by atoms with Gasteiger partial charge in [-0.25, -0.2) is 4.98 Å². The molecule has 1 fully saturated rings. The summed E-state index contributed by atoms with van der Waals surface area (Å²) in [6.45, 7) is 15.4. The zero-order chi connectivity index (χ0) is 24.4. The third-order valence-electron chi connectivity index (χ3n) is 7.19. The van der Waals surface area contributed by atoms with Gasteiger partial charge in [0, 0.05) is 62.5 Å². The van der Waals surface area contributed by atoms with Crippen LogP contribution in [0.15, 0.2) is 60.9 Å². The van der Waals surface area contributed by atoms with Gasteiger partial charge in [-0.2, -0.15) is 0 Å². The van der Waals surface area contributed by atoms with Crippen molar-refractivity contribution in [3.05, 3.63) is 66.6 Å². The largest absolute Gasteiger partial charge is 0.382 e. The zero-order valence-electron chi connectivity index (χ0n) is 21.3.